The molecule has 0 saturated heterocycles. The minimum Gasteiger partial charge on any atom is -0.393 e. The lowest BCUT2D eigenvalue weighted by molar-refractivity contribution is 0.167. The highest BCUT2D eigenvalue weighted by molar-refractivity contribution is 5.89. The van der Waals surface area contributed by atoms with Crippen molar-refractivity contribution in [2.45, 2.75) is 26.1 Å². The first kappa shape index (κ1) is 15.5. The molecule has 1 rings (SSSR count). The van der Waals surface area contributed by atoms with Crippen molar-refractivity contribution in [2.24, 2.45) is 0 Å². The number of urea groups is 1. The molecule has 0 radical (unpaired) electrons. The van der Waals surface area contributed by atoms with Gasteiger partial charge in [-0.3, -0.25) is 0 Å². The molecule has 5 heteroatoms. The standard InChI is InChI=1S/C14H22N2O3/c1-11(17)7-8-16(2)14(18)15-13-6-4-5-12(9-13)10-19-3/h4-6,9,11,17H,7-8,10H2,1-3H3,(H,15,18). The van der Waals surface area contributed by atoms with E-state index in [0.29, 0.717) is 19.6 Å². The lowest BCUT2D eigenvalue weighted by atomic mass is 10.2. The molecule has 2 N–H and O–H groups in total. The topological polar surface area (TPSA) is 61.8 Å². The van der Waals surface area contributed by atoms with Gasteiger partial charge in [-0.1, -0.05) is 12.1 Å². The molecule has 0 aliphatic carbocycles. The molecule has 0 heterocycles. The number of methoxy groups -OCH3 is 1. The van der Waals surface area contributed by atoms with E-state index in [-0.39, 0.29) is 6.03 Å². The van der Waals surface area contributed by atoms with Crippen LogP contribution in [0, 0.1) is 0 Å². The number of amides is 2. The van der Waals surface area contributed by atoms with Gasteiger partial charge in [-0.15, -0.1) is 0 Å². The van der Waals surface area contributed by atoms with Crippen molar-refractivity contribution < 1.29 is 14.6 Å². The summed E-state index contributed by atoms with van der Waals surface area (Å²) < 4.78 is 5.05. The number of carbonyl (C=O) groups is 1. The maximum Gasteiger partial charge on any atom is 0.321 e. The predicted octanol–water partition coefficient (Wildman–Crippen LogP) is 2.07. The van der Waals surface area contributed by atoms with Crippen LogP contribution in [0.3, 0.4) is 0 Å². The van der Waals surface area contributed by atoms with Gasteiger partial charge in [0.2, 0.25) is 0 Å². The van der Waals surface area contributed by atoms with Gasteiger partial charge in [0.15, 0.2) is 0 Å². The maximum absolute atomic E-state index is 11.9. The number of anilines is 1. The van der Waals surface area contributed by atoms with Crippen LogP contribution in [0.4, 0.5) is 10.5 Å². The Bertz CT molecular complexity index is 407. The highest BCUT2D eigenvalue weighted by atomic mass is 16.5. The van der Waals surface area contributed by atoms with Gasteiger partial charge in [0, 0.05) is 26.4 Å². The third kappa shape index (κ3) is 5.72. The summed E-state index contributed by atoms with van der Waals surface area (Å²) in [5.74, 6) is 0. The van der Waals surface area contributed by atoms with Crippen molar-refractivity contribution in [1.29, 1.82) is 0 Å². The zero-order chi connectivity index (χ0) is 14.3. The third-order valence-electron chi connectivity index (χ3n) is 2.72. The first-order valence-electron chi connectivity index (χ1n) is 6.31. The Morgan fingerprint density at radius 2 is 2.26 bits per heavy atom. The summed E-state index contributed by atoms with van der Waals surface area (Å²) in [4.78, 5) is 13.4. The molecular formula is C14H22N2O3. The molecule has 1 atom stereocenters. The van der Waals surface area contributed by atoms with Crippen molar-refractivity contribution in [2.75, 3.05) is 26.0 Å². The predicted molar refractivity (Wildman–Crippen MR) is 75.1 cm³/mol. The van der Waals surface area contributed by atoms with Gasteiger partial charge in [-0.05, 0) is 31.0 Å². The molecule has 1 aromatic rings. The van der Waals surface area contributed by atoms with E-state index in [1.165, 1.54) is 0 Å². The van der Waals surface area contributed by atoms with Crippen LogP contribution in [0.2, 0.25) is 0 Å². The number of nitrogens with zero attached hydrogens (tertiary/aromatic N) is 1. The molecule has 5 nitrogen and oxygen atoms in total. The van der Waals surface area contributed by atoms with E-state index in [0.717, 1.165) is 11.3 Å². The molecule has 1 unspecified atom stereocenters. The number of hydrogen-bond acceptors (Lipinski definition) is 3. The second-order valence-electron chi connectivity index (χ2n) is 4.62. The number of benzene rings is 1. The number of rotatable bonds is 6. The van der Waals surface area contributed by atoms with Gasteiger partial charge in [0.05, 0.1) is 12.7 Å². The molecule has 0 aromatic heterocycles. The summed E-state index contributed by atoms with van der Waals surface area (Å²) in [7, 11) is 3.34. The van der Waals surface area contributed by atoms with E-state index in [4.69, 9.17) is 4.74 Å². The molecule has 106 valence electrons. The molecule has 0 saturated carbocycles. The molecule has 0 aliphatic heterocycles. The van der Waals surface area contributed by atoms with Crippen molar-refractivity contribution in [3.63, 3.8) is 0 Å². The van der Waals surface area contributed by atoms with Crippen molar-refractivity contribution >= 4 is 11.7 Å². The number of nitrogens with one attached hydrogen (secondary N) is 1. The van der Waals surface area contributed by atoms with Gasteiger partial charge in [0.1, 0.15) is 0 Å². The van der Waals surface area contributed by atoms with E-state index >= 15 is 0 Å². The second kappa shape index (κ2) is 7.76. The number of carbonyl (C=O) groups excluding carboxylic acids is 1. The lowest BCUT2D eigenvalue weighted by Crippen LogP contribution is -2.33. The summed E-state index contributed by atoms with van der Waals surface area (Å²) in [6.07, 6.45) is 0.161. The number of aliphatic hydroxyl groups excluding tert-OH is 1. The smallest absolute Gasteiger partial charge is 0.321 e. The van der Waals surface area contributed by atoms with Gasteiger partial charge < -0.3 is 20.1 Å². The van der Waals surface area contributed by atoms with Crippen LogP contribution in [0.25, 0.3) is 0 Å². The van der Waals surface area contributed by atoms with Crippen LogP contribution in [-0.4, -0.2) is 42.8 Å². The Hall–Kier alpha value is -1.59. The average molecular weight is 266 g/mol. The Morgan fingerprint density at radius 1 is 1.53 bits per heavy atom. The van der Waals surface area contributed by atoms with Crippen LogP contribution in [0.1, 0.15) is 18.9 Å². The monoisotopic (exact) mass is 266 g/mol. The number of aliphatic hydroxyl groups is 1. The van der Waals surface area contributed by atoms with E-state index in [1.54, 1.807) is 26.0 Å². The summed E-state index contributed by atoms with van der Waals surface area (Å²) in [5, 5.41) is 12.0. The van der Waals surface area contributed by atoms with E-state index < -0.39 is 6.10 Å². The van der Waals surface area contributed by atoms with Gasteiger partial charge in [-0.25, -0.2) is 4.79 Å². The summed E-state index contributed by atoms with van der Waals surface area (Å²) in [6.45, 7) is 2.74. The average Bonchev–Trinajstić information content (AvgIpc) is 2.36. The Balaban J connectivity index is 2.53. The molecule has 0 spiro atoms. The molecule has 2 amide bonds. The van der Waals surface area contributed by atoms with Gasteiger partial charge >= 0.3 is 6.03 Å². The Morgan fingerprint density at radius 3 is 2.89 bits per heavy atom. The fraction of sp³-hybridized carbons (Fsp3) is 0.500. The molecule has 1 aromatic carbocycles. The molecule has 0 bridgehead atoms. The Labute approximate surface area is 114 Å². The van der Waals surface area contributed by atoms with Crippen LogP contribution < -0.4 is 5.32 Å². The summed E-state index contributed by atoms with van der Waals surface area (Å²) >= 11 is 0. The quantitative estimate of drug-likeness (QED) is 0.828. The van der Waals surface area contributed by atoms with Gasteiger partial charge in [0.25, 0.3) is 0 Å². The SMILES string of the molecule is COCc1cccc(NC(=O)N(C)CCC(C)O)c1. The van der Waals surface area contributed by atoms with Crippen LogP contribution in [0.15, 0.2) is 24.3 Å². The minimum atomic E-state index is -0.403. The van der Waals surface area contributed by atoms with E-state index in [2.05, 4.69) is 5.32 Å². The third-order valence-corrected chi connectivity index (χ3v) is 2.72. The summed E-state index contributed by atoms with van der Waals surface area (Å²) in [5.41, 5.74) is 1.75. The van der Waals surface area contributed by atoms with Crippen LogP contribution in [-0.2, 0) is 11.3 Å². The minimum absolute atomic E-state index is 0.185. The first-order chi connectivity index (χ1) is 9.02. The van der Waals surface area contributed by atoms with Crippen molar-refractivity contribution in [3.8, 4) is 0 Å². The normalized spacial score (nSPS) is 12.0. The fourth-order valence-electron chi connectivity index (χ4n) is 1.61. The van der Waals surface area contributed by atoms with E-state index in [9.17, 15) is 9.90 Å². The zero-order valence-electron chi connectivity index (χ0n) is 11.7. The van der Waals surface area contributed by atoms with Gasteiger partial charge in [-0.2, -0.15) is 0 Å². The zero-order valence-corrected chi connectivity index (χ0v) is 11.7. The second-order valence-corrected chi connectivity index (χ2v) is 4.62. The molecule has 0 fully saturated rings. The fourth-order valence-corrected chi connectivity index (χ4v) is 1.61. The van der Waals surface area contributed by atoms with Crippen molar-refractivity contribution in [1.82, 2.24) is 4.90 Å². The number of hydrogen-bond donors (Lipinski definition) is 2. The van der Waals surface area contributed by atoms with Crippen LogP contribution in [0.5, 0.6) is 0 Å². The largest absolute Gasteiger partial charge is 0.393 e. The molecule has 0 aliphatic rings. The highest BCUT2D eigenvalue weighted by Gasteiger charge is 2.09. The van der Waals surface area contributed by atoms with E-state index in [1.807, 2.05) is 24.3 Å². The Kier molecular flexibility index (Phi) is 6.32. The number of ether oxygens (including phenoxy) is 1. The highest BCUT2D eigenvalue weighted by Crippen LogP contribution is 2.12. The van der Waals surface area contributed by atoms with Crippen molar-refractivity contribution in [3.05, 3.63) is 29.8 Å². The first-order valence-corrected chi connectivity index (χ1v) is 6.31. The van der Waals surface area contributed by atoms with Crippen LogP contribution >= 0.6 is 0 Å². The lowest BCUT2D eigenvalue weighted by Gasteiger charge is -2.19. The molecular weight excluding hydrogens is 244 g/mol. The maximum atomic E-state index is 11.9. The molecule has 19 heavy (non-hydrogen) atoms. The summed E-state index contributed by atoms with van der Waals surface area (Å²) in [6, 6.07) is 7.34.